The van der Waals surface area contributed by atoms with Crippen molar-refractivity contribution in [3.8, 4) is 5.13 Å². The first kappa shape index (κ1) is 20.7. The monoisotopic (exact) mass is 456 g/mol. The van der Waals surface area contributed by atoms with Crippen LogP contribution >= 0.6 is 11.3 Å². The van der Waals surface area contributed by atoms with E-state index in [4.69, 9.17) is 0 Å². The minimum atomic E-state index is -0.345. The van der Waals surface area contributed by atoms with Crippen molar-refractivity contribution in [1.29, 1.82) is 0 Å². The summed E-state index contributed by atoms with van der Waals surface area (Å²) in [4.78, 5) is 29.9. The van der Waals surface area contributed by atoms with Crippen LogP contribution in [-0.2, 0) is 0 Å². The maximum absolute atomic E-state index is 13.5. The number of ketones is 1. The van der Waals surface area contributed by atoms with Crippen LogP contribution < -0.4 is 5.32 Å². The van der Waals surface area contributed by atoms with E-state index in [1.807, 2.05) is 25.1 Å². The minimum absolute atomic E-state index is 0.108. The molecule has 8 heteroatoms. The van der Waals surface area contributed by atoms with Gasteiger partial charge in [-0.1, -0.05) is 53.8 Å². The maximum atomic E-state index is 13.5. The third-order valence-electron chi connectivity index (χ3n) is 5.04. The van der Waals surface area contributed by atoms with E-state index in [0.717, 1.165) is 0 Å². The van der Waals surface area contributed by atoms with Gasteiger partial charge in [-0.05, 0) is 37.3 Å². The molecule has 0 saturated carbocycles. The highest BCUT2D eigenvalue weighted by Gasteiger charge is 2.16. The van der Waals surface area contributed by atoms with Crippen LogP contribution in [0.25, 0.3) is 15.3 Å². The zero-order valence-corrected chi connectivity index (χ0v) is 18.3. The average Bonchev–Trinajstić information content (AvgIpc) is 3.41. The largest absolute Gasteiger partial charge is 0.306 e. The van der Waals surface area contributed by atoms with Crippen LogP contribution in [0.5, 0.6) is 0 Å². The fraction of sp³-hybridized carbons (Fsp3) is 0.0400. The number of amides is 1. The number of benzene rings is 3. The fourth-order valence-corrected chi connectivity index (χ4v) is 4.38. The maximum Gasteiger partial charge on any atom is 0.256 e. The molecule has 162 valence electrons. The SMILES string of the molecule is Cc1cc(NC(=O)c2ccc(C(=O)c3ccccc3)cc2)n(-c2nc3ccc(F)cc3s2)n1. The molecular formula is C25H17FN4O2S. The van der Waals surface area contributed by atoms with E-state index >= 15 is 0 Å². The van der Waals surface area contributed by atoms with Gasteiger partial charge in [0.15, 0.2) is 5.78 Å². The number of anilines is 1. The first-order chi connectivity index (χ1) is 16.0. The smallest absolute Gasteiger partial charge is 0.256 e. The number of fused-ring (bicyclic) bond motifs is 1. The lowest BCUT2D eigenvalue weighted by molar-refractivity contribution is 0.101. The van der Waals surface area contributed by atoms with Gasteiger partial charge in [0.1, 0.15) is 11.6 Å². The van der Waals surface area contributed by atoms with E-state index < -0.39 is 0 Å². The predicted octanol–water partition coefficient (Wildman–Crippen LogP) is 5.41. The molecule has 0 radical (unpaired) electrons. The molecule has 0 aliphatic carbocycles. The first-order valence-corrected chi connectivity index (χ1v) is 10.9. The van der Waals surface area contributed by atoms with Crippen molar-refractivity contribution in [3.63, 3.8) is 0 Å². The van der Waals surface area contributed by atoms with E-state index in [1.54, 1.807) is 48.5 Å². The molecular weight excluding hydrogens is 439 g/mol. The summed E-state index contributed by atoms with van der Waals surface area (Å²) < 4.78 is 15.8. The van der Waals surface area contributed by atoms with Gasteiger partial charge in [0.05, 0.1) is 15.9 Å². The number of aryl methyl sites for hydroxylation is 1. The molecule has 5 aromatic rings. The Hall–Kier alpha value is -4.17. The molecule has 0 unspecified atom stereocenters. The van der Waals surface area contributed by atoms with Crippen LogP contribution in [0.2, 0.25) is 0 Å². The summed E-state index contributed by atoms with van der Waals surface area (Å²) in [5.74, 6) is -0.343. The Bertz CT molecular complexity index is 1490. The van der Waals surface area contributed by atoms with Gasteiger partial charge in [0.2, 0.25) is 5.13 Å². The quantitative estimate of drug-likeness (QED) is 0.359. The summed E-state index contributed by atoms with van der Waals surface area (Å²) in [5, 5.41) is 7.80. The molecule has 0 saturated heterocycles. The Kier molecular flexibility index (Phi) is 5.27. The van der Waals surface area contributed by atoms with Crippen molar-refractivity contribution in [2.75, 3.05) is 5.32 Å². The molecule has 0 atom stereocenters. The van der Waals surface area contributed by atoms with Crippen molar-refractivity contribution < 1.29 is 14.0 Å². The fourth-order valence-electron chi connectivity index (χ4n) is 3.43. The Morgan fingerprint density at radius 2 is 1.61 bits per heavy atom. The van der Waals surface area contributed by atoms with Gasteiger partial charge in [-0.15, -0.1) is 0 Å². The van der Waals surface area contributed by atoms with Crippen LogP contribution in [0.3, 0.4) is 0 Å². The van der Waals surface area contributed by atoms with Crippen LogP contribution in [0.1, 0.15) is 32.0 Å². The second kappa shape index (κ2) is 8.40. The van der Waals surface area contributed by atoms with Crippen LogP contribution in [0, 0.1) is 12.7 Å². The summed E-state index contributed by atoms with van der Waals surface area (Å²) in [7, 11) is 0. The standard InChI is InChI=1S/C25H17FN4O2S/c1-15-13-22(30(29-15)25-27-20-12-11-19(26)14-21(20)33-25)28-24(32)18-9-7-17(8-10-18)23(31)16-5-3-2-4-6-16/h2-14H,1H3,(H,28,32). The van der Waals surface area contributed by atoms with Crippen molar-refractivity contribution in [2.24, 2.45) is 0 Å². The molecule has 33 heavy (non-hydrogen) atoms. The van der Waals surface area contributed by atoms with Gasteiger partial charge in [0, 0.05) is 22.8 Å². The molecule has 0 fully saturated rings. The molecule has 6 nitrogen and oxygen atoms in total. The summed E-state index contributed by atoms with van der Waals surface area (Å²) in [6.07, 6.45) is 0. The van der Waals surface area contributed by atoms with Crippen LogP contribution in [-0.4, -0.2) is 26.5 Å². The van der Waals surface area contributed by atoms with Crippen molar-refractivity contribution in [3.05, 3.63) is 107 Å². The van der Waals surface area contributed by atoms with Gasteiger partial charge >= 0.3 is 0 Å². The number of carbonyl (C=O) groups excluding carboxylic acids is 2. The number of carbonyl (C=O) groups is 2. The molecule has 0 spiro atoms. The predicted molar refractivity (Wildman–Crippen MR) is 126 cm³/mol. The lowest BCUT2D eigenvalue weighted by Gasteiger charge is -2.07. The Labute approximate surface area is 192 Å². The number of nitrogens with zero attached hydrogens (tertiary/aromatic N) is 3. The van der Waals surface area contributed by atoms with Crippen LogP contribution in [0.4, 0.5) is 10.2 Å². The van der Waals surface area contributed by atoms with Crippen LogP contribution in [0.15, 0.2) is 78.9 Å². The number of aromatic nitrogens is 3. The van der Waals surface area contributed by atoms with Gasteiger partial charge < -0.3 is 5.32 Å². The van der Waals surface area contributed by atoms with E-state index in [2.05, 4.69) is 15.4 Å². The highest BCUT2D eigenvalue weighted by atomic mass is 32.1. The van der Waals surface area contributed by atoms with Crippen molar-refractivity contribution in [1.82, 2.24) is 14.8 Å². The number of nitrogens with one attached hydrogen (secondary N) is 1. The van der Waals surface area contributed by atoms with Crippen molar-refractivity contribution in [2.45, 2.75) is 6.92 Å². The zero-order chi connectivity index (χ0) is 22.9. The Morgan fingerprint density at radius 1 is 0.909 bits per heavy atom. The molecule has 2 heterocycles. The second-order valence-electron chi connectivity index (χ2n) is 7.42. The highest BCUT2D eigenvalue weighted by Crippen LogP contribution is 2.28. The highest BCUT2D eigenvalue weighted by molar-refractivity contribution is 7.20. The van der Waals surface area contributed by atoms with E-state index in [0.29, 0.717) is 43.6 Å². The lowest BCUT2D eigenvalue weighted by Crippen LogP contribution is -2.15. The third-order valence-corrected chi connectivity index (χ3v) is 6.03. The molecule has 1 N–H and O–H groups in total. The Balaban J connectivity index is 1.38. The summed E-state index contributed by atoms with van der Waals surface area (Å²) in [6, 6.07) is 21.6. The summed E-state index contributed by atoms with van der Waals surface area (Å²) >= 11 is 1.28. The molecule has 0 aliphatic heterocycles. The Morgan fingerprint density at radius 3 is 2.36 bits per heavy atom. The van der Waals surface area contributed by atoms with E-state index in [1.165, 1.54) is 28.2 Å². The first-order valence-electron chi connectivity index (χ1n) is 10.1. The number of halogens is 1. The van der Waals surface area contributed by atoms with Gasteiger partial charge in [-0.3, -0.25) is 9.59 Å². The van der Waals surface area contributed by atoms with E-state index in [9.17, 15) is 14.0 Å². The number of thiazole rings is 1. The summed E-state index contributed by atoms with van der Waals surface area (Å²) in [5.41, 5.74) is 2.83. The molecule has 2 aromatic heterocycles. The number of hydrogen-bond acceptors (Lipinski definition) is 5. The molecule has 0 bridgehead atoms. The minimum Gasteiger partial charge on any atom is -0.306 e. The molecule has 0 aliphatic rings. The van der Waals surface area contributed by atoms with Crippen molar-refractivity contribution >= 4 is 39.1 Å². The average molecular weight is 457 g/mol. The lowest BCUT2D eigenvalue weighted by atomic mass is 10.0. The van der Waals surface area contributed by atoms with Gasteiger partial charge in [-0.2, -0.15) is 9.78 Å². The molecule has 3 aromatic carbocycles. The zero-order valence-electron chi connectivity index (χ0n) is 17.4. The number of rotatable bonds is 5. The normalized spacial score (nSPS) is 11.0. The number of hydrogen-bond donors (Lipinski definition) is 1. The molecule has 5 rings (SSSR count). The third kappa shape index (κ3) is 4.16. The molecule has 1 amide bonds. The van der Waals surface area contributed by atoms with Gasteiger partial charge in [-0.25, -0.2) is 9.37 Å². The van der Waals surface area contributed by atoms with E-state index in [-0.39, 0.29) is 17.5 Å². The topological polar surface area (TPSA) is 76.9 Å². The second-order valence-corrected chi connectivity index (χ2v) is 8.43. The van der Waals surface area contributed by atoms with Gasteiger partial charge in [0.25, 0.3) is 5.91 Å². The summed E-state index contributed by atoms with van der Waals surface area (Å²) in [6.45, 7) is 1.81.